The third kappa shape index (κ3) is 2.79. The Morgan fingerprint density at radius 3 is 2.56 bits per heavy atom. The number of hydrogen-bond acceptors (Lipinski definition) is 2. The van der Waals surface area contributed by atoms with Gasteiger partial charge < -0.3 is 4.74 Å². The Kier molecular flexibility index (Phi) is 5.28. The molecule has 0 N–H and O–H groups in total. The van der Waals surface area contributed by atoms with Crippen molar-refractivity contribution in [3.8, 4) is 0 Å². The maximum atomic E-state index is 11.9. The van der Waals surface area contributed by atoms with Crippen molar-refractivity contribution in [3.63, 3.8) is 0 Å². The van der Waals surface area contributed by atoms with Gasteiger partial charge in [0.1, 0.15) is 6.10 Å². The number of ether oxygens (including phenoxy) is 1. The molecule has 16 heavy (non-hydrogen) atoms. The first-order chi connectivity index (χ1) is 7.52. The zero-order valence-electron chi connectivity index (χ0n) is 10.4. The highest BCUT2D eigenvalue weighted by Crippen LogP contribution is 2.39. The van der Waals surface area contributed by atoms with E-state index in [4.69, 9.17) is 4.74 Å². The minimum Gasteiger partial charge on any atom is -0.461 e. The first-order valence-electron chi connectivity index (χ1n) is 6.00. The normalized spacial score (nSPS) is 34.1. The van der Waals surface area contributed by atoms with Gasteiger partial charge in [-0.05, 0) is 26.2 Å². The fourth-order valence-electron chi connectivity index (χ4n) is 2.63. The van der Waals surface area contributed by atoms with Gasteiger partial charge in [-0.15, -0.1) is 0 Å². The predicted molar refractivity (Wildman–Crippen MR) is 74.6 cm³/mol. The van der Waals surface area contributed by atoms with Crippen LogP contribution in [0.15, 0.2) is 12.2 Å². The van der Waals surface area contributed by atoms with E-state index in [0.717, 1.165) is 6.42 Å². The van der Waals surface area contributed by atoms with Crippen molar-refractivity contribution in [3.05, 3.63) is 12.2 Å². The third-order valence-electron chi connectivity index (χ3n) is 3.39. The summed E-state index contributed by atoms with van der Waals surface area (Å²) in [5, 5.41) is 0. The molecule has 3 heteroatoms. The molecule has 0 aromatic rings. The summed E-state index contributed by atoms with van der Waals surface area (Å²) >= 11 is 2.35. The lowest BCUT2D eigenvalue weighted by molar-refractivity contribution is -0.144. The Morgan fingerprint density at radius 2 is 2.12 bits per heavy atom. The number of cyclic esters (lactones) is 1. The maximum Gasteiger partial charge on any atom is 0.310 e. The molecule has 0 unspecified atom stereocenters. The molecule has 1 saturated heterocycles. The summed E-state index contributed by atoms with van der Waals surface area (Å²) in [6.45, 7) is 8.36. The highest BCUT2D eigenvalue weighted by Gasteiger charge is 2.46. The highest BCUT2D eigenvalue weighted by atomic mass is 127. The van der Waals surface area contributed by atoms with Crippen molar-refractivity contribution in [2.75, 3.05) is 0 Å². The second-order valence-corrected chi connectivity index (χ2v) is 6.53. The van der Waals surface area contributed by atoms with Gasteiger partial charge in [0.2, 0.25) is 0 Å². The molecule has 0 saturated carbocycles. The second kappa shape index (κ2) is 6.03. The summed E-state index contributed by atoms with van der Waals surface area (Å²) < 4.78 is 5.91. The molecule has 1 heterocycles. The van der Waals surface area contributed by atoms with Gasteiger partial charge in [0, 0.05) is 9.84 Å². The number of halogens is 1. The van der Waals surface area contributed by atoms with Crippen LogP contribution >= 0.6 is 22.6 Å². The molecular weight excluding hydrogens is 315 g/mol. The molecule has 2 nitrogen and oxygen atoms in total. The van der Waals surface area contributed by atoms with Crippen molar-refractivity contribution in [1.82, 2.24) is 0 Å². The van der Waals surface area contributed by atoms with Gasteiger partial charge in [-0.2, -0.15) is 0 Å². The molecule has 92 valence electrons. The van der Waals surface area contributed by atoms with E-state index in [1.165, 1.54) is 0 Å². The van der Waals surface area contributed by atoms with E-state index in [1.54, 1.807) is 0 Å². The summed E-state index contributed by atoms with van der Waals surface area (Å²) in [6.07, 6.45) is 5.23. The largest absolute Gasteiger partial charge is 0.461 e. The number of carbonyl (C=O) groups is 1. The smallest absolute Gasteiger partial charge is 0.310 e. The monoisotopic (exact) mass is 336 g/mol. The van der Waals surface area contributed by atoms with Crippen LogP contribution < -0.4 is 0 Å². The lowest BCUT2D eigenvalue weighted by Gasteiger charge is -2.23. The van der Waals surface area contributed by atoms with Crippen LogP contribution in [0.25, 0.3) is 0 Å². The van der Waals surface area contributed by atoms with Crippen molar-refractivity contribution < 1.29 is 9.53 Å². The van der Waals surface area contributed by atoms with Crippen LogP contribution in [0.1, 0.15) is 34.1 Å². The van der Waals surface area contributed by atoms with Crippen LogP contribution in [0.4, 0.5) is 0 Å². The average Bonchev–Trinajstić information content (AvgIpc) is 2.55. The van der Waals surface area contributed by atoms with Crippen molar-refractivity contribution in [1.29, 1.82) is 0 Å². The highest BCUT2D eigenvalue weighted by molar-refractivity contribution is 14.1. The van der Waals surface area contributed by atoms with Gasteiger partial charge >= 0.3 is 5.97 Å². The predicted octanol–water partition coefficient (Wildman–Crippen LogP) is 3.59. The number of allylic oxidation sites excluding steroid dienone is 2. The molecule has 1 aliphatic rings. The minimum atomic E-state index is -0.00836. The summed E-state index contributed by atoms with van der Waals surface area (Å²) in [5.74, 6) is 0.683. The first kappa shape index (κ1) is 14.0. The lowest BCUT2D eigenvalue weighted by Crippen LogP contribution is -2.28. The van der Waals surface area contributed by atoms with Crippen LogP contribution in [0.5, 0.6) is 0 Å². The first-order valence-corrected chi connectivity index (χ1v) is 7.24. The molecule has 0 spiro atoms. The van der Waals surface area contributed by atoms with E-state index in [2.05, 4.69) is 49.4 Å². The van der Waals surface area contributed by atoms with Crippen LogP contribution in [0.2, 0.25) is 0 Å². The number of rotatable bonds is 4. The zero-order valence-corrected chi connectivity index (χ0v) is 12.6. The fourth-order valence-corrected chi connectivity index (χ4v) is 3.31. The second-order valence-electron chi connectivity index (χ2n) is 4.56. The molecule has 0 bridgehead atoms. The van der Waals surface area contributed by atoms with Crippen LogP contribution in [-0.2, 0) is 9.53 Å². The Labute approximate surface area is 112 Å². The number of hydrogen-bond donors (Lipinski definition) is 0. The van der Waals surface area contributed by atoms with Crippen LogP contribution in [0, 0.1) is 17.8 Å². The molecule has 1 rings (SSSR count). The van der Waals surface area contributed by atoms with Gasteiger partial charge in [-0.1, -0.05) is 48.6 Å². The third-order valence-corrected chi connectivity index (χ3v) is 4.10. The quantitative estimate of drug-likeness (QED) is 0.339. The van der Waals surface area contributed by atoms with E-state index < -0.39 is 0 Å². The van der Waals surface area contributed by atoms with E-state index in [1.807, 2.05) is 13.0 Å². The molecule has 0 aliphatic carbocycles. The Morgan fingerprint density at radius 1 is 1.50 bits per heavy atom. The van der Waals surface area contributed by atoms with Crippen molar-refractivity contribution in [2.45, 2.75) is 44.1 Å². The van der Waals surface area contributed by atoms with Crippen LogP contribution in [0.3, 0.4) is 0 Å². The van der Waals surface area contributed by atoms with Gasteiger partial charge in [0.25, 0.3) is 0 Å². The Balaban J connectivity index is 2.87. The lowest BCUT2D eigenvalue weighted by atomic mass is 9.79. The van der Waals surface area contributed by atoms with E-state index in [0.29, 0.717) is 9.84 Å². The maximum absolute atomic E-state index is 11.9. The standard InChI is InChI=1S/C13H21IO2/c1-5-7-8(3)11-10(6-2)12(9(4)14)16-13(11)15/h5,7-12H,6H2,1-4H3/b7-5+/t8-,9-,10+,11+,12-/m0/s1. The Bertz CT molecular complexity index is 273. The van der Waals surface area contributed by atoms with Crippen LogP contribution in [-0.4, -0.2) is 16.0 Å². The zero-order chi connectivity index (χ0) is 12.3. The van der Waals surface area contributed by atoms with Crippen molar-refractivity contribution >= 4 is 28.6 Å². The van der Waals surface area contributed by atoms with E-state index in [-0.39, 0.29) is 23.9 Å². The van der Waals surface area contributed by atoms with E-state index >= 15 is 0 Å². The summed E-state index contributed by atoms with van der Waals surface area (Å²) in [4.78, 5) is 11.9. The summed E-state index contributed by atoms with van der Waals surface area (Å²) in [6, 6.07) is 0. The fraction of sp³-hybridized carbons (Fsp3) is 0.769. The average molecular weight is 336 g/mol. The van der Waals surface area contributed by atoms with Gasteiger partial charge in [-0.25, -0.2) is 0 Å². The molecule has 1 aliphatic heterocycles. The summed E-state index contributed by atoms with van der Waals surface area (Å²) in [7, 11) is 0. The SMILES string of the molecule is C/C=C/[C@H](C)[C@H]1C(=O)O[C@@H]([C@H](C)I)[C@@H]1CC. The van der Waals surface area contributed by atoms with Gasteiger partial charge in [0.15, 0.2) is 0 Å². The molecule has 0 amide bonds. The van der Waals surface area contributed by atoms with Crippen molar-refractivity contribution in [2.24, 2.45) is 17.8 Å². The van der Waals surface area contributed by atoms with E-state index in [9.17, 15) is 4.79 Å². The van der Waals surface area contributed by atoms with Gasteiger partial charge in [0.05, 0.1) is 5.92 Å². The Hall–Kier alpha value is -0.0600. The number of alkyl halides is 1. The topological polar surface area (TPSA) is 26.3 Å². The molecule has 0 radical (unpaired) electrons. The molecule has 5 atom stereocenters. The number of esters is 1. The molecule has 1 fully saturated rings. The van der Waals surface area contributed by atoms with Gasteiger partial charge in [-0.3, -0.25) is 4.79 Å². The molecule has 0 aromatic carbocycles. The molecule has 0 aromatic heterocycles. The minimum absolute atomic E-state index is 0.00836. The summed E-state index contributed by atoms with van der Waals surface area (Å²) in [5.41, 5.74) is 0. The number of carbonyl (C=O) groups excluding carboxylic acids is 1. The molecular formula is C13H21IO2.